The van der Waals surface area contributed by atoms with E-state index in [2.05, 4.69) is 0 Å². The number of carbonyl (C=O) groups excluding carboxylic acids is 2. The van der Waals surface area contributed by atoms with E-state index in [0.29, 0.717) is 16.2 Å². The molecule has 1 aliphatic rings. The van der Waals surface area contributed by atoms with Gasteiger partial charge >= 0.3 is 0 Å². The maximum Gasteiger partial charge on any atom is 0.293 e. The summed E-state index contributed by atoms with van der Waals surface area (Å²) in [4.78, 5) is 26.9. The minimum atomic E-state index is -0.452. The summed E-state index contributed by atoms with van der Waals surface area (Å²) in [6, 6.07) is 19.2. The predicted octanol–water partition coefficient (Wildman–Crippen LogP) is 6.60. The molecule has 0 saturated carbocycles. The van der Waals surface area contributed by atoms with Crippen LogP contribution in [0, 0.1) is 12.7 Å². The van der Waals surface area contributed by atoms with Gasteiger partial charge in [-0.15, -0.1) is 0 Å². The monoisotopic (exact) mass is 467 g/mol. The summed E-state index contributed by atoms with van der Waals surface area (Å²) < 4.78 is 19.9. The number of amides is 2. The normalized spacial score (nSPS) is 15.0. The van der Waals surface area contributed by atoms with E-state index in [0.717, 1.165) is 22.9 Å². The fourth-order valence-electron chi connectivity index (χ4n) is 3.32. The molecule has 1 fully saturated rings. The Morgan fingerprint density at radius 2 is 1.84 bits per heavy atom. The van der Waals surface area contributed by atoms with Crippen LogP contribution in [0.15, 0.2) is 71.6 Å². The summed E-state index contributed by atoms with van der Waals surface area (Å²) in [5.74, 6) is -0.349. The first kappa shape index (κ1) is 22.1. The minimum Gasteiger partial charge on any atom is -0.488 e. The largest absolute Gasteiger partial charge is 0.488 e. The SMILES string of the molecule is Cc1cccc(CN2C(=O)S/C(=C\c3ccccc3OCc3c(F)cccc3Cl)C2=O)c1. The lowest BCUT2D eigenvalue weighted by molar-refractivity contribution is -0.123. The van der Waals surface area contributed by atoms with Gasteiger partial charge < -0.3 is 4.74 Å². The molecular weight excluding hydrogens is 449 g/mol. The second-order valence-electron chi connectivity index (χ2n) is 7.28. The number of hydrogen-bond acceptors (Lipinski definition) is 4. The maximum absolute atomic E-state index is 14.1. The molecule has 3 aromatic rings. The summed E-state index contributed by atoms with van der Waals surface area (Å²) in [6.07, 6.45) is 1.62. The number of para-hydroxylation sites is 1. The Balaban J connectivity index is 1.54. The van der Waals surface area contributed by atoms with Crippen LogP contribution in [0.2, 0.25) is 5.02 Å². The zero-order valence-electron chi connectivity index (χ0n) is 17.2. The van der Waals surface area contributed by atoms with Crippen molar-refractivity contribution in [2.24, 2.45) is 0 Å². The van der Waals surface area contributed by atoms with Gasteiger partial charge in [-0.05, 0) is 48.5 Å². The van der Waals surface area contributed by atoms with E-state index in [1.807, 2.05) is 31.2 Å². The number of imide groups is 1. The first-order chi connectivity index (χ1) is 15.4. The molecule has 2 amide bonds. The Hall–Kier alpha value is -3.09. The van der Waals surface area contributed by atoms with Crippen molar-refractivity contribution in [2.45, 2.75) is 20.1 Å². The molecule has 1 saturated heterocycles. The van der Waals surface area contributed by atoms with Crippen LogP contribution in [-0.2, 0) is 17.9 Å². The zero-order valence-corrected chi connectivity index (χ0v) is 18.8. The van der Waals surface area contributed by atoms with Crippen molar-refractivity contribution in [3.05, 3.63) is 105 Å². The van der Waals surface area contributed by atoms with Crippen molar-refractivity contribution in [1.82, 2.24) is 4.90 Å². The summed E-state index contributed by atoms with van der Waals surface area (Å²) in [5, 5.41) is -0.0426. The molecule has 0 aliphatic carbocycles. The first-order valence-corrected chi connectivity index (χ1v) is 11.1. The number of aryl methyl sites for hydroxylation is 1. The molecule has 0 bridgehead atoms. The average molecular weight is 468 g/mol. The van der Waals surface area contributed by atoms with Gasteiger partial charge in [-0.1, -0.05) is 65.7 Å². The van der Waals surface area contributed by atoms with Gasteiger partial charge in [-0.25, -0.2) is 4.39 Å². The van der Waals surface area contributed by atoms with Gasteiger partial charge in [0.1, 0.15) is 18.2 Å². The quantitative estimate of drug-likeness (QED) is 0.383. The number of benzene rings is 3. The number of thioether (sulfide) groups is 1. The van der Waals surface area contributed by atoms with Crippen molar-refractivity contribution in [1.29, 1.82) is 0 Å². The van der Waals surface area contributed by atoms with Gasteiger partial charge in [0, 0.05) is 11.1 Å². The Labute approximate surface area is 194 Å². The third-order valence-corrected chi connectivity index (χ3v) is 6.20. The van der Waals surface area contributed by atoms with E-state index < -0.39 is 5.82 Å². The van der Waals surface area contributed by atoms with Gasteiger partial charge in [-0.2, -0.15) is 0 Å². The number of halogens is 2. The van der Waals surface area contributed by atoms with Crippen molar-refractivity contribution >= 4 is 40.6 Å². The lowest BCUT2D eigenvalue weighted by Gasteiger charge is -2.13. The van der Waals surface area contributed by atoms with Crippen LogP contribution >= 0.6 is 23.4 Å². The van der Waals surface area contributed by atoms with Crippen molar-refractivity contribution in [2.75, 3.05) is 0 Å². The zero-order chi connectivity index (χ0) is 22.7. The molecule has 4 rings (SSSR count). The number of ether oxygens (including phenoxy) is 1. The molecule has 0 unspecified atom stereocenters. The smallest absolute Gasteiger partial charge is 0.293 e. The molecule has 0 aromatic heterocycles. The number of nitrogens with zero attached hydrogens (tertiary/aromatic N) is 1. The van der Waals surface area contributed by atoms with Crippen LogP contribution in [0.3, 0.4) is 0 Å². The third-order valence-electron chi connectivity index (χ3n) is 4.94. The van der Waals surface area contributed by atoms with Crippen LogP contribution in [-0.4, -0.2) is 16.0 Å². The van der Waals surface area contributed by atoms with Gasteiger partial charge in [0.05, 0.1) is 16.5 Å². The molecule has 0 atom stereocenters. The Bertz CT molecular complexity index is 1210. The molecule has 3 aromatic carbocycles. The maximum atomic E-state index is 14.1. The molecule has 0 radical (unpaired) electrons. The van der Waals surface area contributed by atoms with Crippen LogP contribution < -0.4 is 4.74 Å². The molecule has 1 heterocycles. The van der Waals surface area contributed by atoms with E-state index in [-0.39, 0.29) is 34.9 Å². The van der Waals surface area contributed by atoms with E-state index in [4.69, 9.17) is 16.3 Å². The summed E-state index contributed by atoms with van der Waals surface area (Å²) in [6.45, 7) is 2.11. The highest BCUT2D eigenvalue weighted by Crippen LogP contribution is 2.35. The van der Waals surface area contributed by atoms with Crippen LogP contribution in [0.1, 0.15) is 22.3 Å². The number of carbonyl (C=O) groups is 2. The third kappa shape index (κ3) is 4.87. The molecule has 4 nitrogen and oxygen atoms in total. The Morgan fingerprint density at radius 3 is 2.62 bits per heavy atom. The molecule has 1 aliphatic heterocycles. The van der Waals surface area contributed by atoms with Crippen molar-refractivity contribution in [3.63, 3.8) is 0 Å². The molecule has 0 N–H and O–H groups in total. The number of hydrogen-bond donors (Lipinski definition) is 0. The lowest BCUT2D eigenvalue weighted by atomic mass is 10.1. The lowest BCUT2D eigenvalue weighted by Crippen LogP contribution is -2.27. The first-order valence-electron chi connectivity index (χ1n) is 9.88. The van der Waals surface area contributed by atoms with Gasteiger partial charge in [0.25, 0.3) is 11.1 Å². The highest BCUT2D eigenvalue weighted by molar-refractivity contribution is 8.18. The highest BCUT2D eigenvalue weighted by Gasteiger charge is 2.35. The van der Waals surface area contributed by atoms with Crippen LogP contribution in [0.25, 0.3) is 6.08 Å². The highest BCUT2D eigenvalue weighted by atomic mass is 35.5. The average Bonchev–Trinajstić information content (AvgIpc) is 3.02. The number of rotatable bonds is 6. The van der Waals surface area contributed by atoms with Crippen LogP contribution in [0.5, 0.6) is 5.75 Å². The van der Waals surface area contributed by atoms with E-state index in [9.17, 15) is 14.0 Å². The van der Waals surface area contributed by atoms with E-state index >= 15 is 0 Å². The molecule has 32 heavy (non-hydrogen) atoms. The van der Waals surface area contributed by atoms with E-state index in [1.54, 1.807) is 36.4 Å². The molecule has 162 valence electrons. The predicted molar refractivity (Wildman–Crippen MR) is 125 cm³/mol. The van der Waals surface area contributed by atoms with Crippen LogP contribution in [0.4, 0.5) is 9.18 Å². The molecule has 0 spiro atoms. The van der Waals surface area contributed by atoms with Gasteiger partial charge in [-0.3, -0.25) is 14.5 Å². The summed E-state index contributed by atoms with van der Waals surface area (Å²) >= 11 is 6.97. The molecular formula is C25H19ClFNO3S. The fraction of sp³-hybridized carbons (Fsp3) is 0.120. The van der Waals surface area contributed by atoms with E-state index in [1.165, 1.54) is 17.0 Å². The fourth-order valence-corrected chi connectivity index (χ4v) is 4.37. The Kier molecular flexibility index (Phi) is 6.63. The second kappa shape index (κ2) is 9.59. The second-order valence-corrected chi connectivity index (χ2v) is 8.68. The standard InChI is InChI=1S/C25H19ClFNO3S/c1-16-6-4-7-17(12-16)14-28-24(29)23(32-25(28)30)13-18-8-2-3-11-22(18)31-15-19-20(26)9-5-10-21(19)27/h2-13H,14-15H2,1H3/b23-13-. The minimum absolute atomic E-state index is 0.0643. The Morgan fingerprint density at radius 1 is 1.06 bits per heavy atom. The van der Waals surface area contributed by atoms with Crippen molar-refractivity contribution < 1.29 is 18.7 Å². The van der Waals surface area contributed by atoms with Gasteiger partial charge in [0.15, 0.2) is 0 Å². The topological polar surface area (TPSA) is 46.6 Å². The summed E-state index contributed by atoms with van der Waals surface area (Å²) in [5.41, 5.74) is 2.81. The summed E-state index contributed by atoms with van der Waals surface area (Å²) in [7, 11) is 0. The van der Waals surface area contributed by atoms with Gasteiger partial charge in [0.2, 0.25) is 0 Å². The molecule has 7 heteroatoms. The van der Waals surface area contributed by atoms with Crippen molar-refractivity contribution in [3.8, 4) is 5.75 Å².